The van der Waals surface area contributed by atoms with E-state index in [0.717, 1.165) is 0 Å². The number of halogens is 2. The van der Waals surface area contributed by atoms with Gasteiger partial charge in [-0.3, -0.25) is 4.79 Å². The van der Waals surface area contributed by atoms with E-state index in [9.17, 15) is 14.3 Å². The Hall–Kier alpha value is -1.63. The molecular formula is C14H11FINO2. The largest absolute Gasteiger partial charge is 0.507 e. The third kappa shape index (κ3) is 3.04. The molecule has 0 fully saturated rings. The summed E-state index contributed by atoms with van der Waals surface area (Å²) in [7, 11) is 0. The number of para-hydroxylation sites is 1. The number of phenolic OH excluding ortho intramolecular Hbond substituents is 1. The van der Waals surface area contributed by atoms with Crippen molar-refractivity contribution in [3.8, 4) is 5.75 Å². The topological polar surface area (TPSA) is 49.3 Å². The molecule has 0 saturated carbocycles. The molecule has 2 rings (SSSR count). The summed E-state index contributed by atoms with van der Waals surface area (Å²) in [5.41, 5.74) is 1.08. The van der Waals surface area contributed by atoms with Crippen LogP contribution in [0.2, 0.25) is 0 Å². The maximum atomic E-state index is 13.6. The molecule has 0 heterocycles. The zero-order valence-corrected chi connectivity index (χ0v) is 12.2. The third-order valence-corrected chi connectivity index (χ3v) is 3.58. The van der Waals surface area contributed by atoms with Crippen LogP contribution in [0.15, 0.2) is 36.4 Å². The molecule has 98 valence electrons. The molecule has 2 aromatic rings. The van der Waals surface area contributed by atoms with Gasteiger partial charge in [0.1, 0.15) is 11.6 Å². The lowest BCUT2D eigenvalue weighted by atomic mass is 10.1. The Bertz CT molecular complexity index is 623. The lowest BCUT2D eigenvalue weighted by Gasteiger charge is -2.09. The highest BCUT2D eigenvalue weighted by Crippen LogP contribution is 2.23. The Kier molecular flexibility index (Phi) is 4.04. The van der Waals surface area contributed by atoms with Crippen molar-refractivity contribution in [2.24, 2.45) is 0 Å². The van der Waals surface area contributed by atoms with Crippen LogP contribution in [0, 0.1) is 16.3 Å². The fraction of sp³-hybridized carbons (Fsp3) is 0.0714. The number of rotatable bonds is 2. The average Bonchev–Trinajstić information content (AvgIpc) is 2.37. The molecule has 0 atom stereocenters. The minimum Gasteiger partial charge on any atom is -0.507 e. The van der Waals surface area contributed by atoms with Crippen LogP contribution in [0.25, 0.3) is 0 Å². The third-order valence-electron chi connectivity index (χ3n) is 2.67. The van der Waals surface area contributed by atoms with Gasteiger partial charge in [-0.1, -0.05) is 12.1 Å². The molecule has 2 N–H and O–H groups in total. The van der Waals surface area contributed by atoms with Crippen LogP contribution in [0.4, 0.5) is 10.1 Å². The predicted octanol–water partition coefficient (Wildman–Crippen LogP) is 3.70. The first-order valence-corrected chi connectivity index (χ1v) is 6.62. The van der Waals surface area contributed by atoms with Gasteiger partial charge in [-0.15, -0.1) is 0 Å². The first-order chi connectivity index (χ1) is 8.99. The molecule has 0 saturated heterocycles. The molecule has 0 radical (unpaired) electrons. The van der Waals surface area contributed by atoms with Crippen molar-refractivity contribution in [2.45, 2.75) is 6.92 Å². The number of carbonyl (C=O) groups is 1. The second-order valence-electron chi connectivity index (χ2n) is 4.05. The first-order valence-electron chi connectivity index (χ1n) is 5.54. The molecule has 1 amide bonds. The van der Waals surface area contributed by atoms with Crippen LogP contribution < -0.4 is 5.32 Å². The number of aryl methyl sites for hydroxylation is 1. The van der Waals surface area contributed by atoms with E-state index in [1.165, 1.54) is 12.1 Å². The molecule has 0 aliphatic carbocycles. The lowest BCUT2D eigenvalue weighted by Crippen LogP contribution is -2.14. The van der Waals surface area contributed by atoms with Gasteiger partial charge in [0.15, 0.2) is 0 Å². The van der Waals surface area contributed by atoms with Gasteiger partial charge in [0, 0.05) is 5.56 Å². The number of hydrogen-bond donors (Lipinski definition) is 2. The summed E-state index contributed by atoms with van der Waals surface area (Å²) in [4.78, 5) is 12.0. The Morgan fingerprint density at radius 3 is 2.68 bits per heavy atom. The van der Waals surface area contributed by atoms with Crippen molar-refractivity contribution in [3.63, 3.8) is 0 Å². The highest BCUT2D eigenvalue weighted by Gasteiger charge is 2.12. The van der Waals surface area contributed by atoms with Gasteiger partial charge in [-0.25, -0.2) is 4.39 Å². The summed E-state index contributed by atoms with van der Waals surface area (Å²) >= 11 is 1.96. The Morgan fingerprint density at radius 2 is 2.05 bits per heavy atom. The van der Waals surface area contributed by atoms with Gasteiger partial charge in [-0.2, -0.15) is 0 Å². The monoisotopic (exact) mass is 371 g/mol. The molecule has 2 aromatic carbocycles. The van der Waals surface area contributed by atoms with Gasteiger partial charge >= 0.3 is 0 Å². The zero-order chi connectivity index (χ0) is 14.0. The lowest BCUT2D eigenvalue weighted by molar-refractivity contribution is 0.102. The summed E-state index contributed by atoms with van der Waals surface area (Å²) in [5, 5.41) is 12.1. The number of anilines is 1. The van der Waals surface area contributed by atoms with E-state index in [2.05, 4.69) is 5.32 Å². The first kappa shape index (κ1) is 13.8. The van der Waals surface area contributed by atoms with Gasteiger partial charge in [-0.05, 0) is 59.3 Å². The Labute approximate surface area is 123 Å². The number of hydrogen-bond acceptors (Lipinski definition) is 2. The number of carbonyl (C=O) groups excluding carboxylic acids is 1. The summed E-state index contributed by atoms with van der Waals surface area (Å²) in [5.74, 6) is -0.915. The van der Waals surface area contributed by atoms with Crippen molar-refractivity contribution < 1.29 is 14.3 Å². The molecule has 0 spiro atoms. The van der Waals surface area contributed by atoms with E-state index in [1.807, 2.05) is 22.6 Å². The van der Waals surface area contributed by atoms with E-state index in [-0.39, 0.29) is 17.0 Å². The minimum atomic E-state index is -0.483. The van der Waals surface area contributed by atoms with Crippen LogP contribution in [-0.2, 0) is 0 Å². The average molecular weight is 371 g/mol. The van der Waals surface area contributed by atoms with E-state index >= 15 is 0 Å². The van der Waals surface area contributed by atoms with Crippen molar-refractivity contribution >= 4 is 34.2 Å². The second-order valence-corrected chi connectivity index (χ2v) is 5.21. The molecule has 0 unspecified atom stereocenters. The summed E-state index contributed by atoms with van der Waals surface area (Å²) in [6.07, 6.45) is 0. The highest BCUT2D eigenvalue weighted by molar-refractivity contribution is 14.1. The van der Waals surface area contributed by atoms with E-state index in [0.29, 0.717) is 9.13 Å². The maximum absolute atomic E-state index is 13.6. The van der Waals surface area contributed by atoms with Crippen molar-refractivity contribution in [1.82, 2.24) is 0 Å². The Morgan fingerprint density at radius 1 is 1.32 bits per heavy atom. The van der Waals surface area contributed by atoms with E-state index < -0.39 is 11.7 Å². The summed E-state index contributed by atoms with van der Waals surface area (Å²) < 4.78 is 14.3. The van der Waals surface area contributed by atoms with Gasteiger partial charge in [0.2, 0.25) is 0 Å². The second kappa shape index (κ2) is 5.56. The van der Waals surface area contributed by atoms with Crippen molar-refractivity contribution in [3.05, 3.63) is 56.9 Å². The quantitative estimate of drug-likeness (QED) is 0.792. The van der Waals surface area contributed by atoms with Crippen LogP contribution in [-0.4, -0.2) is 11.0 Å². The number of amides is 1. The van der Waals surface area contributed by atoms with Crippen LogP contribution in [0.3, 0.4) is 0 Å². The zero-order valence-electron chi connectivity index (χ0n) is 10.1. The summed E-state index contributed by atoms with van der Waals surface area (Å²) in [6, 6.07) is 9.13. The number of nitrogens with one attached hydrogen (secondary N) is 1. The minimum absolute atomic E-state index is 0.0264. The molecular weight excluding hydrogens is 360 g/mol. The molecule has 19 heavy (non-hydrogen) atoms. The van der Waals surface area contributed by atoms with Crippen molar-refractivity contribution in [2.75, 3.05) is 5.32 Å². The Balaban J connectivity index is 2.28. The van der Waals surface area contributed by atoms with E-state index in [4.69, 9.17) is 0 Å². The normalized spacial score (nSPS) is 10.3. The van der Waals surface area contributed by atoms with Gasteiger partial charge in [0.25, 0.3) is 5.91 Å². The maximum Gasteiger partial charge on any atom is 0.255 e. The number of benzene rings is 2. The van der Waals surface area contributed by atoms with Gasteiger partial charge in [0.05, 0.1) is 9.26 Å². The van der Waals surface area contributed by atoms with Crippen molar-refractivity contribution in [1.29, 1.82) is 0 Å². The van der Waals surface area contributed by atoms with Crippen LogP contribution in [0.1, 0.15) is 15.9 Å². The predicted molar refractivity (Wildman–Crippen MR) is 79.9 cm³/mol. The SMILES string of the molecule is Cc1cccc(F)c1NC(=O)c1ccc(I)c(O)c1. The smallest absolute Gasteiger partial charge is 0.255 e. The highest BCUT2D eigenvalue weighted by atomic mass is 127. The molecule has 5 heteroatoms. The van der Waals surface area contributed by atoms with E-state index in [1.54, 1.807) is 31.2 Å². The molecule has 0 bridgehead atoms. The molecule has 0 aromatic heterocycles. The van der Waals surface area contributed by atoms with Crippen LogP contribution >= 0.6 is 22.6 Å². The van der Waals surface area contributed by atoms with Gasteiger partial charge < -0.3 is 10.4 Å². The summed E-state index contributed by atoms with van der Waals surface area (Å²) in [6.45, 7) is 1.71. The molecule has 0 aliphatic rings. The standard InChI is InChI=1S/C14H11FINO2/c1-8-3-2-4-10(15)13(8)17-14(19)9-5-6-11(16)12(18)7-9/h2-7,18H,1H3,(H,17,19). The number of phenols is 1. The fourth-order valence-corrected chi connectivity index (χ4v) is 1.97. The molecule has 0 aliphatic heterocycles. The fourth-order valence-electron chi connectivity index (χ4n) is 1.63. The van der Waals surface area contributed by atoms with Crippen LogP contribution in [0.5, 0.6) is 5.75 Å². The number of aromatic hydroxyl groups is 1. The molecule has 3 nitrogen and oxygen atoms in total.